The van der Waals surface area contributed by atoms with E-state index in [0.29, 0.717) is 17.9 Å². The van der Waals surface area contributed by atoms with Crippen LogP contribution < -0.4 is 10.1 Å². The number of halogens is 3. The molecule has 6 heteroatoms. The Morgan fingerprint density at radius 2 is 2.05 bits per heavy atom. The van der Waals surface area contributed by atoms with E-state index in [0.717, 1.165) is 31.0 Å². The molecule has 3 nitrogen and oxygen atoms in total. The number of rotatable bonds is 5. The smallest absolute Gasteiger partial charge is 0.138 e. The molecule has 1 aliphatic rings. The van der Waals surface area contributed by atoms with Crippen LogP contribution >= 0.6 is 11.6 Å². The number of ether oxygens (including phenoxy) is 1. The van der Waals surface area contributed by atoms with Crippen molar-refractivity contribution < 1.29 is 13.5 Å². The highest BCUT2D eigenvalue weighted by Gasteiger charge is 2.41. The van der Waals surface area contributed by atoms with Gasteiger partial charge in [0.1, 0.15) is 29.1 Å². The fraction of sp³-hybridized carbons (Fsp3) is 0.312. The molecule has 0 unspecified atom stereocenters. The van der Waals surface area contributed by atoms with Crippen LogP contribution in [0.2, 0.25) is 5.15 Å². The van der Waals surface area contributed by atoms with Crippen molar-refractivity contribution in [2.75, 3.05) is 13.7 Å². The molecule has 1 aromatic heterocycles. The van der Waals surface area contributed by atoms with Gasteiger partial charge in [-0.05, 0) is 44.2 Å². The third kappa shape index (κ3) is 3.05. The Labute approximate surface area is 132 Å². The number of benzene rings is 1. The molecule has 3 rings (SSSR count). The average molecular weight is 325 g/mol. The molecule has 0 aliphatic heterocycles. The predicted octanol–water partition coefficient (Wildman–Crippen LogP) is 3.81. The van der Waals surface area contributed by atoms with E-state index in [1.807, 2.05) is 7.05 Å². The van der Waals surface area contributed by atoms with Gasteiger partial charge < -0.3 is 10.1 Å². The molecule has 0 bridgehead atoms. The van der Waals surface area contributed by atoms with Gasteiger partial charge in [-0.25, -0.2) is 13.8 Å². The molecule has 1 N–H and O–H groups in total. The highest BCUT2D eigenvalue weighted by Crippen LogP contribution is 2.36. The predicted molar refractivity (Wildman–Crippen MR) is 81.1 cm³/mol. The number of nitrogens with one attached hydrogen (secondary N) is 1. The molecule has 0 saturated heterocycles. The Hall–Kier alpha value is -1.72. The van der Waals surface area contributed by atoms with Crippen LogP contribution in [0.3, 0.4) is 0 Å². The minimum absolute atomic E-state index is 0.0178. The molecule has 22 heavy (non-hydrogen) atoms. The molecule has 0 amide bonds. The topological polar surface area (TPSA) is 34.1 Å². The fourth-order valence-electron chi connectivity index (χ4n) is 2.24. The molecular weight excluding hydrogens is 310 g/mol. The van der Waals surface area contributed by atoms with Gasteiger partial charge in [0.2, 0.25) is 0 Å². The molecule has 1 saturated carbocycles. The van der Waals surface area contributed by atoms with Crippen LogP contribution in [0.15, 0.2) is 30.5 Å². The van der Waals surface area contributed by atoms with E-state index >= 15 is 0 Å². The zero-order valence-corrected chi connectivity index (χ0v) is 12.8. The molecule has 116 valence electrons. The summed E-state index contributed by atoms with van der Waals surface area (Å²) in [6.45, 7) is 0.498. The molecule has 1 heterocycles. The number of aromatic nitrogens is 1. The van der Waals surface area contributed by atoms with Gasteiger partial charge in [-0.3, -0.25) is 0 Å². The van der Waals surface area contributed by atoms with E-state index in [1.54, 1.807) is 6.07 Å². The van der Waals surface area contributed by atoms with Gasteiger partial charge >= 0.3 is 0 Å². The number of pyridine rings is 1. The fourth-order valence-corrected chi connectivity index (χ4v) is 2.44. The van der Waals surface area contributed by atoms with Crippen molar-refractivity contribution in [2.24, 2.45) is 0 Å². The van der Waals surface area contributed by atoms with E-state index in [2.05, 4.69) is 10.3 Å². The van der Waals surface area contributed by atoms with Gasteiger partial charge in [0.05, 0.1) is 11.7 Å². The second-order valence-corrected chi connectivity index (χ2v) is 5.81. The summed E-state index contributed by atoms with van der Waals surface area (Å²) in [5.74, 6) is -0.619. The number of hydrogen-bond donors (Lipinski definition) is 1. The maximum absolute atomic E-state index is 13.9. The normalized spacial score (nSPS) is 15.6. The lowest BCUT2D eigenvalue weighted by Gasteiger charge is -2.16. The SMILES string of the molecule is CNC1(COc2cnc(Cl)c(-c3cc(F)ccc3F)c2)CC1. The quantitative estimate of drug-likeness (QED) is 0.849. The van der Waals surface area contributed by atoms with Gasteiger partial charge in [-0.15, -0.1) is 0 Å². The molecule has 1 aromatic carbocycles. The standard InChI is InChI=1S/C16H15ClF2N2O/c1-20-16(4-5-16)9-22-11-7-13(15(17)21-8-11)12-6-10(18)2-3-14(12)19/h2-3,6-8,20H,4-5,9H2,1H3. The van der Waals surface area contributed by atoms with Gasteiger partial charge in [-0.1, -0.05) is 11.6 Å². The summed E-state index contributed by atoms with van der Waals surface area (Å²) in [5, 5.41) is 3.32. The van der Waals surface area contributed by atoms with Crippen molar-refractivity contribution in [1.82, 2.24) is 10.3 Å². The second-order valence-electron chi connectivity index (χ2n) is 5.45. The Kier molecular flexibility index (Phi) is 4.02. The van der Waals surface area contributed by atoms with E-state index < -0.39 is 11.6 Å². The Bertz CT molecular complexity index is 705. The molecule has 0 atom stereocenters. The van der Waals surface area contributed by atoms with Crippen LogP contribution in [0.4, 0.5) is 8.78 Å². The Morgan fingerprint density at radius 3 is 2.73 bits per heavy atom. The molecule has 1 aliphatic carbocycles. The van der Waals surface area contributed by atoms with Gasteiger partial charge in [0.25, 0.3) is 0 Å². The van der Waals surface area contributed by atoms with Crippen LogP contribution in [0.1, 0.15) is 12.8 Å². The molecule has 1 fully saturated rings. The summed E-state index contributed by atoms with van der Waals surface area (Å²) in [4.78, 5) is 4.00. The Balaban J connectivity index is 1.88. The van der Waals surface area contributed by atoms with E-state index in [1.165, 1.54) is 6.20 Å². The van der Waals surface area contributed by atoms with Crippen molar-refractivity contribution in [1.29, 1.82) is 0 Å². The van der Waals surface area contributed by atoms with Gasteiger partial charge in [0, 0.05) is 11.1 Å². The summed E-state index contributed by atoms with van der Waals surface area (Å²) in [7, 11) is 1.89. The van der Waals surface area contributed by atoms with Crippen molar-refractivity contribution in [2.45, 2.75) is 18.4 Å². The minimum Gasteiger partial charge on any atom is -0.490 e. The summed E-state index contributed by atoms with van der Waals surface area (Å²) in [5.41, 5.74) is 0.396. The van der Waals surface area contributed by atoms with E-state index in [4.69, 9.17) is 16.3 Å². The Morgan fingerprint density at radius 1 is 1.27 bits per heavy atom. The van der Waals surface area contributed by atoms with Crippen LogP contribution in [0.5, 0.6) is 5.75 Å². The first kappa shape index (κ1) is 15.2. The van der Waals surface area contributed by atoms with E-state index in [9.17, 15) is 8.78 Å². The first-order valence-corrected chi connectivity index (χ1v) is 7.33. The summed E-state index contributed by atoms with van der Waals surface area (Å²) >= 11 is 6.02. The van der Waals surface area contributed by atoms with Crippen LogP contribution in [0, 0.1) is 11.6 Å². The maximum Gasteiger partial charge on any atom is 0.138 e. The van der Waals surface area contributed by atoms with Crippen molar-refractivity contribution in [3.8, 4) is 16.9 Å². The minimum atomic E-state index is -0.559. The molecular formula is C16H15ClF2N2O. The third-order valence-corrected chi connectivity index (χ3v) is 4.23. The first-order valence-electron chi connectivity index (χ1n) is 6.96. The van der Waals surface area contributed by atoms with Crippen LogP contribution in [0.25, 0.3) is 11.1 Å². The van der Waals surface area contributed by atoms with Gasteiger partial charge in [0.15, 0.2) is 0 Å². The highest BCUT2D eigenvalue weighted by molar-refractivity contribution is 6.32. The first-order chi connectivity index (χ1) is 10.5. The summed E-state index contributed by atoms with van der Waals surface area (Å²) in [6, 6.07) is 4.80. The second kappa shape index (κ2) is 5.82. The van der Waals surface area contributed by atoms with Crippen LogP contribution in [-0.2, 0) is 0 Å². The lowest BCUT2D eigenvalue weighted by molar-refractivity contribution is 0.259. The number of likely N-dealkylation sites (N-methyl/N-ethyl adjacent to an activating group) is 1. The molecule has 0 radical (unpaired) electrons. The molecule has 2 aromatic rings. The monoisotopic (exact) mass is 324 g/mol. The van der Waals surface area contributed by atoms with E-state index in [-0.39, 0.29) is 16.3 Å². The lowest BCUT2D eigenvalue weighted by Crippen LogP contribution is -2.33. The van der Waals surface area contributed by atoms with Crippen LogP contribution in [-0.4, -0.2) is 24.2 Å². The number of hydrogen-bond acceptors (Lipinski definition) is 3. The average Bonchev–Trinajstić information content (AvgIpc) is 3.30. The zero-order valence-electron chi connectivity index (χ0n) is 12.0. The van der Waals surface area contributed by atoms with Crippen molar-refractivity contribution in [3.63, 3.8) is 0 Å². The highest BCUT2D eigenvalue weighted by atomic mass is 35.5. The zero-order chi connectivity index (χ0) is 15.7. The third-order valence-electron chi connectivity index (χ3n) is 3.93. The lowest BCUT2D eigenvalue weighted by atomic mass is 10.1. The van der Waals surface area contributed by atoms with Gasteiger partial charge in [-0.2, -0.15) is 0 Å². The summed E-state index contributed by atoms with van der Waals surface area (Å²) in [6.07, 6.45) is 3.58. The largest absolute Gasteiger partial charge is 0.490 e. The summed E-state index contributed by atoms with van der Waals surface area (Å²) < 4.78 is 33.0. The maximum atomic E-state index is 13.9. The van der Waals surface area contributed by atoms with Crippen molar-refractivity contribution in [3.05, 3.63) is 47.2 Å². The van der Waals surface area contributed by atoms with Crippen molar-refractivity contribution >= 4 is 11.6 Å². The molecule has 0 spiro atoms. The number of nitrogens with zero attached hydrogens (tertiary/aromatic N) is 1.